The van der Waals surface area contributed by atoms with Crippen LogP contribution in [0.2, 0.25) is 0 Å². The Morgan fingerprint density at radius 1 is 1.27 bits per heavy atom. The van der Waals surface area contributed by atoms with Gasteiger partial charge in [0, 0.05) is 0 Å². The summed E-state index contributed by atoms with van der Waals surface area (Å²) in [6, 6.07) is 8.75. The number of esters is 1. The second kappa shape index (κ2) is 9.78. The average Bonchev–Trinajstić information content (AvgIpc) is 2.53. The summed E-state index contributed by atoms with van der Waals surface area (Å²) in [5.41, 5.74) is 0.875. The third-order valence-corrected chi connectivity index (χ3v) is 3.18. The summed E-state index contributed by atoms with van der Waals surface area (Å²) < 4.78 is 9.63. The van der Waals surface area contributed by atoms with Gasteiger partial charge in [0.2, 0.25) is 0 Å². The van der Waals surface area contributed by atoms with Crippen molar-refractivity contribution < 1.29 is 24.2 Å². The molecule has 6 heteroatoms. The molecule has 0 fully saturated rings. The minimum Gasteiger partial charge on any atom is -0.469 e. The standard InChI is InChI=1S/C16H23NO5/c1-3-7-13(14(18)10-15(19)21-2)17-16(20)22-11-12-8-5-4-6-9-12/h4-6,8-9,13-14,18H,3,7,10-11H2,1-2H3,(H,17,20)/t13-,14+/m0/s1. The Balaban J connectivity index is 2.47. The molecule has 0 spiro atoms. The lowest BCUT2D eigenvalue weighted by Gasteiger charge is -2.22. The molecule has 122 valence electrons. The van der Waals surface area contributed by atoms with Gasteiger partial charge in [-0.05, 0) is 12.0 Å². The maximum absolute atomic E-state index is 11.8. The first-order chi connectivity index (χ1) is 10.6. The Morgan fingerprint density at radius 3 is 2.55 bits per heavy atom. The van der Waals surface area contributed by atoms with E-state index in [9.17, 15) is 14.7 Å². The average molecular weight is 309 g/mol. The molecular formula is C16H23NO5. The summed E-state index contributed by atoms with van der Waals surface area (Å²) in [6.45, 7) is 2.08. The number of methoxy groups -OCH3 is 1. The van der Waals surface area contributed by atoms with Gasteiger partial charge in [-0.3, -0.25) is 4.79 Å². The lowest BCUT2D eigenvalue weighted by Crippen LogP contribution is -2.44. The molecule has 1 amide bonds. The highest BCUT2D eigenvalue weighted by molar-refractivity contribution is 5.70. The van der Waals surface area contributed by atoms with E-state index in [0.717, 1.165) is 12.0 Å². The molecule has 0 unspecified atom stereocenters. The minimum absolute atomic E-state index is 0.151. The highest BCUT2D eigenvalue weighted by atomic mass is 16.5. The molecule has 0 bridgehead atoms. The lowest BCUT2D eigenvalue weighted by atomic mass is 10.0. The SMILES string of the molecule is CCC[C@H](NC(=O)OCc1ccccc1)[C@H](O)CC(=O)OC. The van der Waals surface area contributed by atoms with Gasteiger partial charge in [-0.1, -0.05) is 43.7 Å². The number of ether oxygens (including phenoxy) is 2. The zero-order valence-electron chi connectivity index (χ0n) is 13.0. The Labute approximate surface area is 130 Å². The van der Waals surface area contributed by atoms with E-state index in [2.05, 4.69) is 10.1 Å². The van der Waals surface area contributed by atoms with Gasteiger partial charge in [0.05, 0.1) is 25.7 Å². The Morgan fingerprint density at radius 2 is 1.95 bits per heavy atom. The maximum Gasteiger partial charge on any atom is 0.407 e. The first-order valence-corrected chi connectivity index (χ1v) is 7.29. The number of benzene rings is 1. The van der Waals surface area contributed by atoms with Crippen molar-refractivity contribution in [3.63, 3.8) is 0 Å². The second-order valence-electron chi connectivity index (χ2n) is 4.95. The van der Waals surface area contributed by atoms with Gasteiger partial charge in [0.1, 0.15) is 6.61 Å². The summed E-state index contributed by atoms with van der Waals surface area (Å²) in [6.07, 6.45) is -0.497. The summed E-state index contributed by atoms with van der Waals surface area (Å²) in [5.74, 6) is -0.520. The van der Waals surface area contributed by atoms with Gasteiger partial charge >= 0.3 is 12.1 Å². The van der Waals surface area contributed by atoms with Gasteiger partial charge in [-0.2, -0.15) is 0 Å². The van der Waals surface area contributed by atoms with E-state index in [1.807, 2.05) is 37.3 Å². The van der Waals surface area contributed by atoms with E-state index in [4.69, 9.17) is 4.74 Å². The van der Waals surface area contributed by atoms with Crippen LogP contribution in [0.1, 0.15) is 31.7 Å². The van der Waals surface area contributed by atoms with Crippen LogP contribution in [0.5, 0.6) is 0 Å². The molecule has 1 aromatic rings. The molecule has 1 aromatic carbocycles. The van der Waals surface area contributed by atoms with Crippen LogP contribution >= 0.6 is 0 Å². The highest BCUT2D eigenvalue weighted by Gasteiger charge is 2.24. The molecule has 0 saturated carbocycles. The zero-order valence-corrected chi connectivity index (χ0v) is 13.0. The molecule has 0 aliphatic rings. The second-order valence-corrected chi connectivity index (χ2v) is 4.95. The number of rotatable bonds is 8. The van der Waals surface area contributed by atoms with Crippen molar-refractivity contribution in [2.45, 2.75) is 44.9 Å². The van der Waals surface area contributed by atoms with Gasteiger partial charge in [-0.25, -0.2) is 4.79 Å². The van der Waals surface area contributed by atoms with E-state index in [-0.39, 0.29) is 13.0 Å². The van der Waals surface area contributed by atoms with E-state index >= 15 is 0 Å². The number of hydrogen-bond donors (Lipinski definition) is 2. The molecule has 0 heterocycles. The number of carbonyl (C=O) groups excluding carboxylic acids is 2. The van der Waals surface area contributed by atoms with Crippen LogP contribution in [0, 0.1) is 0 Å². The van der Waals surface area contributed by atoms with E-state index in [0.29, 0.717) is 6.42 Å². The van der Waals surface area contributed by atoms with Crippen molar-refractivity contribution in [3.05, 3.63) is 35.9 Å². The zero-order chi connectivity index (χ0) is 16.4. The molecular weight excluding hydrogens is 286 g/mol. The Bertz CT molecular complexity index is 463. The molecule has 0 aromatic heterocycles. The Kier molecular flexibility index (Phi) is 7.99. The van der Waals surface area contributed by atoms with Gasteiger partial charge < -0.3 is 19.9 Å². The molecule has 2 atom stereocenters. The fraction of sp³-hybridized carbons (Fsp3) is 0.500. The fourth-order valence-corrected chi connectivity index (χ4v) is 1.98. The van der Waals surface area contributed by atoms with Crippen molar-refractivity contribution in [1.29, 1.82) is 0 Å². The van der Waals surface area contributed by atoms with Crippen LogP contribution in [0.15, 0.2) is 30.3 Å². The molecule has 0 aliphatic carbocycles. The third-order valence-electron chi connectivity index (χ3n) is 3.18. The van der Waals surface area contributed by atoms with Crippen molar-refractivity contribution >= 4 is 12.1 Å². The minimum atomic E-state index is -1.00. The third kappa shape index (κ3) is 6.58. The largest absolute Gasteiger partial charge is 0.469 e. The monoisotopic (exact) mass is 309 g/mol. The van der Waals surface area contributed by atoms with Crippen LogP contribution < -0.4 is 5.32 Å². The van der Waals surface area contributed by atoms with Crippen molar-refractivity contribution in [1.82, 2.24) is 5.32 Å². The molecule has 1 rings (SSSR count). The summed E-state index contributed by atoms with van der Waals surface area (Å²) >= 11 is 0. The fourth-order valence-electron chi connectivity index (χ4n) is 1.98. The summed E-state index contributed by atoms with van der Waals surface area (Å²) in [4.78, 5) is 23.0. The number of amides is 1. The number of nitrogens with one attached hydrogen (secondary N) is 1. The van der Waals surface area contributed by atoms with Crippen molar-refractivity contribution in [3.8, 4) is 0 Å². The first-order valence-electron chi connectivity index (χ1n) is 7.29. The predicted molar refractivity (Wildman–Crippen MR) is 81.1 cm³/mol. The first kappa shape index (κ1) is 18.0. The Hall–Kier alpha value is -2.08. The van der Waals surface area contributed by atoms with Crippen molar-refractivity contribution in [2.75, 3.05) is 7.11 Å². The molecule has 0 aliphatic heterocycles. The number of aliphatic hydroxyl groups excluding tert-OH is 1. The highest BCUT2D eigenvalue weighted by Crippen LogP contribution is 2.08. The maximum atomic E-state index is 11.8. The van der Waals surface area contributed by atoms with Crippen LogP contribution in [-0.4, -0.2) is 36.4 Å². The van der Waals surface area contributed by atoms with Gasteiger partial charge in [-0.15, -0.1) is 0 Å². The van der Waals surface area contributed by atoms with E-state index < -0.39 is 24.2 Å². The van der Waals surface area contributed by atoms with Gasteiger partial charge in [0.15, 0.2) is 0 Å². The quantitative estimate of drug-likeness (QED) is 0.718. The molecule has 22 heavy (non-hydrogen) atoms. The number of carbonyl (C=O) groups is 2. The van der Waals surface area contributed by atoms with E-state index in [1.165, 1.54) is 7.11 Å². The van der Waals surface area contributed by atoms with E-state index in [1.54, 1.807) is 0 Å². The smallest absolute Gasteiger partial charge is 0.407 e. The normalized spacial score (nSPS) is 13.0. The summed E-state index contributed by atoms with van der Waals surface area (Å²) in [5, 5.41) is 12.6. The molecule has 2 N–H and O–H groups in total. The summed E-state index contributed by atoms with van der Waals surface area (Å²) in [7, 11) is 1.26. The number of aliphatic hydroxyl groups is 1. The molecule has 0 saturated heterocycles. The van der Waals surface area contributed by atoms with Crippen LogP contribution in [0.4, 0.5) is 4.79 Å². The topological polar surface area (TPSA) is 84.9 Å². The van der Waals surface area contributed by atoms with Crippen LogP contribution in [-0.2, 0) is 20.9 Å². The van der Waals surface area contributed by atoms with Crippen molar-refractivity contribution in [2.24, 2.45) is 0 Å². The van der Waals surface area contributed by atoms with Gasteiger partial charge in [0.25, 0.3) is 0 Å². The van der Waals surface area contributed by atoms with Crippen LogP contribution in [0.25, 0.3) is 0 Å². The molecule has 0 radical (unpaired) electrons. The lowest BCUT2D eigenvalue weighted by molar-refractivity contribution is -0.143. The van der Waals surface area contributed by atoms with Crippen LogP contribution in [0.3, 0.4) is 0 Å². The predicted octanol–water partition coefficient (Wildman–Crippen LogP) is 2.01. The number of hydrogen-bond acceptors (Lipinski definition) is 5. The number of alkyl carbamates (subject to hydrolysis) is 1. The molecule has 6 nitrogen and oxygen atoms in total.